The molecule has 1 N–H and O–H groups in total. The van der Waals surface area contributed by atoms with E-state index >= 15 is 0 Å². The number of fused-ring (bicyclic) bond motifs is 1. The number of aryl methyl sites for hydroxylation is 2. The van der Waals surface area contributed by atoms with Gasteiger partial charge in [0.2, 0.25) is 0 Å². The van der Waals surface area contributed by atoms with Crippen molar-refractivity contribution in [2.24, 2.45) is 5.92 Å². The van der Waals surface area contributed by atoms with Crippen molar-refractivity contribution in [3.8, 4) is 0 Å². The number of aliphatic hydroxyl groups is 1. The van der Waals surface area contributed by atoms with Gasteiger partial charge in [0.15, 0.2) is 0 Å². The Balaban J connectivity index is 1.65. The van der Waals surface area contributed by atoms with E-state index in [9.17, 15) is 5.11 Å². The summed E-state index contributed by atoms with van der Waals surface area (Å²) in [5.74, 6) is 0.851. The first-order chi connectivity index (χ1) is 10.3. The van der Waals surface area contributed by atoms with Crippen LogP contribution in [0.1, 0.15) is 42.4 Å². The molecule has 1 unspecified atom stereocenters. The fourth-order valence-corrected chi connectivity index (χ4v) is 3.71. The predicted octanol–water partition coefficient (Wildman–Crippen LogP) is 4.35. The van der Waals surface area contributed by atoms with Crippen LogP contribution in [0.2, 0.25) is 0 Å². The van der Waals surface area contributed by atoms with E-state index < -0.39 is 0 Å². The summed E-state index contributed by atoms with van der Waals surface area (Å²) in [5.41, 5.74) is 4.23. The molecule has 0 bridgehead atoms. The minimum Gasteiger partial charge on any atom is -0.393 e. The third-order valence-electron chi connectivity index (χ3n) is 5.00. The third-order valence-corrected chi connectivity index (χ3v) is 5.00. The van der Waals surface area contributed by atoms with E-state index in [1.165, 1.54) is 16.7 Å². The Kier molecular flexibility index (Phi) is 4.40. The van der Waals surface area contributed by atoms with Crippen molar-refractivity contribution < 1.29 is 5.11 Å². The van der Waals surface area contributed by atoms with Crippen LogP contribution in [0.15, 0.2) is 54.6 Å². The Morgan fingerprint density at radius 3 is 2.57 bits per heavy atom. The monoisotopic (exact) mass is 280 g/mol. The van der Waals surface area contributed by atoms with Crippen LogP contribution in [0.25, 0.3) is 0 Å². The minimum atomic E-state index is -0.200. The lowest BCUT2D eigenvalue weighted by Crippen LogP contribution is -2.30. The smallest absolute Gasteiger partial charge is 0.0577 e. The highest BCUT2D eigenvalue weighted by Gasteiger charge is 2.30. The fourth-order valence-electron chi connectivity index (χ4n) is 3.71. The lowest BCUT2D eigenvalue weighted by Gasteiger charge is -2.34. The zero-order valence-corrected chi connectivity index (χ0v) is 12.7. The second kappa shape index (κ2) is 6.44. The van der Waals surface area contributed by atoms with Gasteiger partial charge in [-0.3, -0.25) is 0 Å². The maximum atomic E-state index is 10.6. The number of benzene rings is 2. The summed E-state index contributed by atoms with van der Waals surface area (Å²) in [6, 6.07) is 19.2. The molecule has 0 saturated heterocycles. The molecule has 0 fully saturated rings. The van der Waals surface area contributed by atoms with Gasteiger partial charge in [-0.25, -0.2) is 0 Å². The van der Waals surface area contributed by atoms with E-state index in [-0.39, 0.29) is 6.10 Å². The van der Waals surface area contributed by atoms with E-state index in [0.717, 1.165) is 25.7 Å². The summed E-state index contributed by atoms with van der Waals surface area (Å²) in [6.07, 6.45) is 3.84. The average molecular weight is 280 g/mol. The van der Waals surface area contributed by atoms with E-state index in [1.54, 1.807) is 0 Å². The molecule has 0 amide bonds. The lowest BCUT2D eigenvalue weighted by molar-refractivity contribution is 0.0779. The van der Waals surface area contributed by atoms with Gasteiger partial charge in [0.1, 0.15) is 0 Å². The molecule has 0 spiro atoms. The molecule has 0 radical (unpaired) electrons. The van der Waals surface area contributed by atoms with Gasteiger partial charge in [0, 0.05) is 0 Å². The first-order valence-electron chi connectivity index (χ1n) is 8.05. The zero-order chi connectivity index (χ0) is 14.7. The summed E-state index contributed by atoms with van der Waals surface area (Å²) < 4.78 is 0. The highest BCUT2D eigenvalue weighted by atomic mass is 16.3. The molecule has 3 atom stereocenters. The molecule has 1 nitrogen and oxygen atoms in total. The van der Waals surface area contributed by atoms with E-state index in [0.29, 0.717) is 11.8 Å². The Hall–Kier alpha value is -1.60. The van der Waals surface area contributed by atoms with Crippen molar-refractivity contribution >= 4 is 0 Å². The van der Waals surface area contributed by atoms with Gasteiger partial charge >= 0.3 is 0 Å². The molecule has 3 rings (SSSR count). The second-order valence-electron chi connectivity index (χ2n) is 6.28. The van der Waals surface area contributed by atoms with E-state index in [4.69, 9.17) is 0 Å². The van der Waals surface area contributed by atoms with Gasteiger partial charge in [0.25, 0.3) is 0 Å². The molecular formula is C20H24O. The normalized spacial score (nSPS) is 22.6. The summed E-state index contributed by atoms with van der Waals surface area (Å²) in [7, 11) is 0. The van der Waals surface area contributed by atoms with Crippen molar-refractivity contribution in [1.82, 2.24) is 0 Å². The number of hydrogen-bond donors (Lipinski definition) is 1. The molecule has 2 aromatic carbocycles. The van der Waals surface area contributed by atoms with E-state index in [1.807, 2.05) is 6.07 Å². The maximum Gasteiger partial charge on any atom is 0.0577 e. The molecule has 110 valence electrons. The molecule has 1 aliphatic carbocycles. The molecular weight excluding hydrogens is 256 g/mol. The minimum absolute atomic E-state index is 0.200. The van der Waals surface area contributed by atoms with Crippen LogP contribution < -0.4 is 0 Å². The van der Waals surface area contributed by atoms with Crippen LogP contribution >= 0.6 is 0 Å². The van der Waals surface area contributed by atoms with Crippen molar-refractivity contribution in [2.45, 2.75) is 44.6 Å². The largest absolute Gasteiger partial charge is 0.393 e. The van der Waals surface area contributed by atoms with Crippen molar-refractivity contribution in [2.75, 3.05) is 0 Å². The third kappa shape index (κ3) is 3.19. The standard InChI is InChI=1S/C20H24O/c1-15-18-10-6-5-9-17(18)12-13-19(15)20(21)14-11-16-7-3-2-4-8-16/h2-10,15,19-21H,11-14H2,1H3/t15-,19?,20-/m1/s1. The molecule has 0 heterocycles. The number of rotatable bonds is 4. The van der Waals surface area contributed by atoms with Gasteiger partial charge in [-0.05, 0) is 54.2 Å². The topological polar surface area (TPSA) is 20.2 Å². The zero-order valence-electron chi connectivity index (χ0n) is 12.7. The van der Waals surface area contributed by atoms with Crippen molar-refractivity contribution in [3.05, 3.63) is 71.3 Å². The molecule has 21 heavy (non-hydrogen) atoms. The molecule has 1 heteroatoms. The van der Waals surface area contributed by atoms with Gasteiger partial charge in [-0.2, -0.15) is 0 Å². The number of hydrogen-bond acceptors (Lipinski definition) is 1. The first-order valence-corrected chi connectivity index (χ1v) is 8.05. The number of aliphatic hydroxyl groups excluding tert-OH is 1. The van der Waals surface area contributed by atoms with Gasteiger partial charge in [-0.1, -0.05) is 61.5 Å². The van der Waals surface area contributed by atoms with Gasteiger partial charge < -0.3 is 5.11 Å². The summed E-state index contributed by atoms with van der Waals surface area (Å²) in [6.45, 7) is 2.27. The van der Waals surface area contributed by atoms with Gasteiger partial charge in [0.05, 0.1) is 6.10 Å². The van der Waals surface area contributed by atoms with Crippen LogP contribution in [0.4, 0.5) is 0 Å². The average Bonchev–Trinajstić information content (AvgIpc) is 2.54. The summed E-state index contributed by atoms with van der Waals surface area (Å²) >= 11 is 0. The maximum absolute atomic E-state index is 10.6. The predicted molar refractivity (Wildman–Crippen MR) is 87.4 cm³/mol. The van der Waals surface area contributed by atoms with Crippen LogP contribution in [-0.4, -0.2) is 11.2 Å². The molecule has 0 saturated carbocycles. The van der Waals surface area contributed by atoms with Crippen molar-refractivity contribution in [3.63, 3.8) is 0 Å². The molecule has 0 aliphatic heterocycles. The van der Waals surface area contributed by atoms with Crippen LogP contribution in [0.5, 0.6) is 0 Å². The highest BCUT2D eigenvalue weighted by molar-refractivity contribution is 5.33. The lowest BCUT2D eigenvalue weighted by atomic mass is 9.73. The SMILES string of the molecule is C[C@@H]1c2ccccc2CCC1[C@H](O)CCc1ccccc1. The molecule has 2 aromatic rings. The summed E-state index contributed by atoms with van der Waals surface area (Å²) in [5, 5.41) is 10.6. The molecule has 1 aliphatic rings. The highest BCUT2D eigenvalue weighted by Crippen LogP contribution is 2.38. The summed E-state index contributed by atoms with van der Waals surface area (Å²) in [4.78, 5) is 0. The fraction of sp³-hybridized carbons (Fsp3) is 0.400. The van der Waals surface area contributed by atoms with Crippen LogP contribution in [0.3, 0.4) is 0 Å². The Morgan fingerprint density at radius 2 is 1.76 bits per heavy atom. The molecule has 0 aromatic heterocycles. The Labute approximate surface area is 127 Å². The van der Waals surface area contributed by atoms with Crippen molar-refractivity contribution in [1.29, 1.82) is 0 Å². The first kappa shape index (κ1) is 14.3. The van der Waals surface area contributed by atoms with Gasteiger partial charge in [-0.15, -0.1) is 0 Å². The Morgan fingerprint density at radius 1 is 1.05 bits per heavy atom. The second-order valence-corrected chi connectivity index (χ2v) is 6.28. The van der Waals surface area contributed by atoms with Crippen LogP contribution in [0, 0.1) is 5.92 Å². The Bertz CT molecular complexity index is 575. The van der Waals surface area contributed by atoms with E-state index in [2.05, 4.69) is 55.5 Å². The van der Waals surface area contributed by atoms with Crippen LogP contribution in [-0.2, 0) is 12.8 Å². The quantitative estimate of drug-likeness (QED) is 0.883.